The molecule has 1 saturated carbocycles. The number of nitrogens with zero attached hydrogens (tertiary/aromatic N) is 1. The van der Waals surface area contributed by atoms with Crippen molar-refractivity contribution in [3.8, 4) is 11.3 Å². The highest BCUT2D eigenvalue weighted by atomic mass is 35.5. The Morgan fingerprint density at radius 1 is 1.16 bits per heavy atom. The van der Waals surface area contributed by atoms with Gasteiger partial charge in [-0.2, -0.15) is 0 Å². The number of hydrogen-bond donors (Lipinski definition) is 2. The Hall–Kier alpha value is -2.18. The van der Waals surface area contributed by atoms with E-state index in [1.165, 1.54) is 11.3 Å². The number of anilines is 1. The molecule has 2 N–H and O–H groups in total. The Labute approximate surface area is 153 Å². The Morgan fingerprint density at radius 2 is 1.84 bits per heavy atom. The van der Waals surface area contributed by atoms with Gasteiger partial charge in [0.2, 0.25) is 5.91 Å². The molecule has 1 heterocycles. The molecule has 0 radical (unpaired) electrons. The van der Waals surface area contributed by atoms with E-state index in [2.05, 4.69) is 10.3 Å². The van der Waals surface area contributed by atoms with Crippen LogP contribution in [0.25, 0.3) is 11.3 Å². The predicted molar refractivity (Wildman–Crippen MR) is 96.5 cm³/mol. The number of carbonyl (C=O) groups excluding carboxylic acids is 1. The van der Waals surface area contributed by atoms with E-state index in [0.717, 1.165) is 17.7 Å². The van der Waals surface area contributed by atoms with Crippen molar-refractivity contribution in [2.24, 2.45) is 23.7 Å². The van der Waals surface area contributed by atoms with Gasteiger partial charge in [-0.15, -0.1) is 11.3 Å². The lowest BCUT2D eigenvalue weighted by molar-refractivity contribution is -0.146. The summed E-state index contributed by atoms with van der Waals surface area (Å²) in [5, 5.41) is 15.2. The van der Waals surface area contributed by atoms with E-state index in [0.29, 0.717) is 10.2 Å². The molecule has 2 aromatic rings. The van der Waals surface area contributed by atoms with Crippen LogP contribution >= 0.6 is 22.9 Å². The molecule has 5 nitrogen and oxygen atoms in total. The van der Waals surface area contributed by atoms with E-state index >= 15 is 0 Å². The van der Waals surface area contributed by atoms with Crippen LogP contribution in [-0.2, 0) is 9.59 Å². The van der Waals surface area contributed by atoms with Crippen molar-refractivity contribution in [3.05, 3.63) is 46.8 Å². The van der Waals surface area contributed by atoms with Crippen molar-refractivity contribution in [1.29, 1.82) is 0 Å². The number of nitrogens with one attached hydrogen (secondary N) is 1. The zero-order chi connectivity index (χ0) is 17.6. The molecule has 1 aromatic heterocycles. The minimum Gasteiger partial charge on any atom is -0.481 e. The van der Waals surface area contributed by atoms with Gasteiger partial charge in [-0.1, -0.05) is 35.9 Å². The number of halogens is 1. The van der Waals surface area contributed by atoms with Gasteiger partial charge in [0, 0.05) is 16.0 Å². The van der Waals surface area contributed by atoms with Crippen molar-refractivity contribution >= 4 is 39.9 Å². The third-order valence-electron chi connectivity index (χ3n) is 4.92. The number of benzene rings is 1. The zero-order valence-corrected chi connectivity index (χ0v) is 14.6. The fraction of sp³-hybridized carbons (Fsp3) is 0.278. The van der Waals surface area contributed by atoms with Crippen molar-refractivity contribution in [3.63, 3.8) is 0 Å². The van der Waals surface area contributed by atoms with Crippen LogP contribution < -0.4 is 5.32 Å². The first kappa shape index (κ1) is 16.3. The largest absolute Gasteiger partial charge is 0.481 e. The molecule has 7 heteroatoms. The highest BCUT2D eigenvalue weighted by Gasteiger charge is 2.51. The number of aliphatic carboxylic acids is 1. The molecular formula is C18H15ClN2O3S. The molecule has 0 saturated heterocycles. The van der Waals surface area contributed by atoms with Crippen LogP contribution in [-0.4, -0.2) is 22.0 Å². The summed E-state index contributed by atoms with van der Waals surface area (Å²) in [6.45, 7) is 0. The van der Waals surface area contributed by atoms with E-state index < -0.39 is 17.8 Å². The Bertz CT molecular complexity index is 861. The number of allylic oxidation sites excluding steroid dienone is 2. The fourth-order valence-electron chi connectivity index (χ4n) is 3.79. The number of aromatic nitrogens is 1. The quantitative estimate of drug-likeness (QED) is 0.795. The van der Waals surface area contributed by atoms with E-state index in [1.807, 2.05) is 29.7 Å². The van der Waals surface area contributed by atoms with Gasteiger partial charge in [-0.3, -0.25) is 9.59 Å². The summed E-state index contributed by atoms with van der Waals surface area (Å²) in [7, 11) is 0. The van der Waals surface area contributed by atoms with Crippen LogP contribution in [0, 0.1) is 23.7 Å². The number of carbonyl (C=O) groups is 2. The first-order chi connectivity index (χ1) is 12.0. The summed E-state index contributed by atoms with van der Waals surface area (Å²) < 4.78 is 0. The first-order valence-corrected chi connectivity index (χ1v) is 9.22. The predicted octanol–water partition coefficient (Wildman–Crippen LogP) is 3.92. The van der Waals surface area contributed by atoms with Gasteiger partial charge in [0.05, 0.1) is 17.5 Å². The van der Waals surface area contributed by atoms with Crippen molar-refractivity contribution in [2.45, 2.75) is 6.42 Å². The van der Waals surface area contributed by atoms with E-state index in [1.54, 1.807) is 12.1 Å². The smallest absolute Gasteiger partial charge is 0.307 e. The van der Waals surface area contributed by atoms with Crippen LogP contribution in [0.1, 0.15) is 6.42 Å². The average Bonchev–Trinajstić information content (AvgIpc) is 3.30. The van der Waals surface area contributed by atoms with Gasteiger partial charge < -0.3 is 10.4 Å². The van der Waals surface area contributed by atoms with Crippen LogP contribution in [0.15, 0.2) is 41.8 Å². The van der Waals surface area contributed by atoms with Gasteiger partial charge in [0.15, 0.2) is 5.13 Å². The average molecular weight is 375 g/mol. The number of fused-ring (bicyclic) bond motifs is 2. The molecule has 128 valence electrons. The van der Waals surface area contributed by atoms with Crippen molar-refractivity contribution in [2.75, 3.05) is 5.32 Å². The second kappa shape index (κ2) is 6.28. The lowest BCUT2D eigenvalue weighted by Crippen LogP contribution is -2.36. The summed E-state index contributed by atoms with van der Waals surface area (Å²) >= 11 is 7.21. The Morgan fingerprint density at radius 3 is 2.52 bits per heavy atom. The van der Waals surface area contributed by atoms with Crippen LogP contribution in [0.4, 0.5) is 5.13 Å². The highest BCUT2D eigenvalue weighted by Crippen LogP contribution is 2.48. The molecule has 4 atom stereocenters. The third-order valence-corrected chi connectivity index (χ3v) is 5.93. The maximum absolute atomic E-state index is 12.7. The SMILES string of the molecule is O=C(O)[C@@H]1[C@@H](C(=O)Nc2nc(-c3ccc(Cl)cc3)cs2)[C@H]2C=C[C@H]1C2. The lowest BCUT2D eigenvalue weighted by Gasteiger charge is -2.23. The third kappa shape index (κ3) is 2.96. The second-order valence-corrected chi connectivity index (χ2v) is 7.67. The summed E-state index contributed by atoms with van der Waals surface area (Å²) in [4.78, 5) is 28.6. The number of carboxylic acid groups (broad SMARTS) is 1. The molecule has 1 fully saturated rings. The summed E-state index contributed by atoms with van der Waals surface area (Å²) in [6.07, 6.45) is 4.63. The minimum absolute atomic E-state index is 0.00166. The lowest BCUT2D eigenvalue weighted by atomic mass is 9.82. The number of hydrogen-bond acceptors (Lipinski definition) is 4. The molecule has 0 unspecified atom stereocenters. The van der Waals surface area contributed by atoms with Crippen LogP contribution in [0.3, 0.4) is 0 Å². The second-order valence-electron chi connectivity index (χ2n) is 6.37. The van der Waals surface area contributed by atoms with E-state index in [9.17, 15) is 14.7 Å². The monoisotopic (exact) mass is 374 g/mol. The van der Waals surface area contributed by atoms with Crippen molar-refractivity contribution < 1.29 is 14.7 Å². The van der Waals surface area contributed by atoms with Gasteiger partial charge in [-0.25, -0.2) is 4.98 Å². The number of carboxylic acids is 1. The van der Waals surface area contributed by atoms with Gasteiger partial charge in [-0.05, 0) is 30.4 Å². The summed E-state index contributed by atoms with van der Waals surface area (Å²) in [6, 6.07) is 7.30. The van der Waals surface area contributed by atoms with E-state index in [4.69, 9.17) is 11.6 Å². The maximum Gasteiger partial charge on any atom is 0.307 e. The number of rotatable bonds is 4. The number of thiazole rings is 1. The maximum atomic E-state index is 12.7. The summed E-state index contributed by atoms with van der Waals surface area (Å²) in [5.74, 6) is -2.39. The van der Waals surface area contributed by atoms with Gasteiger partial charge in [0.1, 0.15) is 0 Å². The molecule has 25 heavy (non-hydrogen) atoms. The topological polar surface area (TPSA) is 79.3 Å². The minimum atomic E-state index is -0.905. The zero-order valence-electron chi connectivity index (χ0n) is 13.1. The Balaban J connectivity index is 1.51. The molecule has 0 spiro atoms. The molecule has 0 aliphatic heterocycles. The molecule has 1 amide bonds. The molecule has 2 bridgehead atoms. The molecule has 1 aromatic carbocycles. The standard InChI is InChI=1S/C18H15ClN2O3S/c19-12-5-3-9(4-6-12)13-8-25-18(20-13)21-16(22)14-10-1-2-11(7-10)15(14)17(23)24/h1-6,8,10-11,14-15H,7H2,(H,23,24)(H,20,21,22)/t10-,11-,14-,15-/m0/s1. The molecule has 2 aliphatic carbocycles. The summed E-state index contributed by atoms with van der Waals surface area (Å²) in [5.41, 5.74) is 1.66. The first-order valence-electron chi connectivity index (χ1n) is 7.96. The normalized spacial score (nSPS) is 26.8. The Kier molecular flexibility index (Phi) is 4.09. The van der Waals surface area contributed by atoms with Crippen LogP contribution in [0.2, 0.25) is 5.02 Å². The van der Waals surface area contributed by atoms with Crippen LogP contribution in [0.5, 0.6) is 0 Å². The molecular weight excluding hydrogens is 360 g/mol. The van der Waals surface area contributed by atoms with Crippen molar-refractivity contribution in [1.82, 2.24) is 4.98 Å². The van der Waals surface area contributed by atoms with Gasteiger partial charge in [0.25, 0.3) is 0 Å². The molecule has 2 aliphatic rings. The van der Waals surface area contributed by atoms with Gasteiger partial charge >= 0.3 is 5.97 Å². The van der Waals surface area contributed by atoms with E-state index in [-0.39, 0.29) is 17.7 Å². The highest BCUT2D eigenvalue weighted by molar-refractivity contribution is 7.14. The number of amides is 1. The molecule has 4 rings (SSSR count). The fourth-order valence-corrected chi connectivity index (χ4v) is 4.64.